The molecule has 0 atom stereocenters. The Balaban J connectivity index is 1.95. The molecule has 2 heterocycles. The number of hydrogen-bond acceptors (Lipinski definition) is 3. The van der Waals surface area contributed by atoms with Crippen molar-refractivity contribution in [2.24, 2.45) is 0 Å². The number of H-pyrrole nitrogens is 1. The van der Waals surface area contributed by atoms with Crippen molar-refractivity contribution in [2.75, 3.05) is 5.32 Å². The van der Waals surface area contributed by atoms with Gasteiger partial charge in [-0.1, -0.05) is 35.4 Å². The molecule has 130 valence electrons. The number of nitrogens with zero attached hydrogens (tertiary/aromatic N) is 2. The molecular weight excluding hydrogens is 355 g/mol. The van der Waals surface area contributed by atoms with E-state index in [1.165, 1.54) is 22.7 Å². The van der Waals surface area contributed by atoms with Crippen molar-refractivity contribution >= 4 is 28.6 Å². The highest BCUT2D eigenvalue weighted by atomic mass is 35.5. The Morgan fingerprint density at radius 3 is 2.69 bits per heavy atom. The van der Waals surface area contributed by atoms with Gasteiger partial charge in [-0.2, -0.15) is 0 Å². The highest BCUT2D eigenvalue weighted by Crippen LogP contribution is 2.32. The number of aryl methyl sites for hydroxylation is 1. The summed E-state index contributed by atoms with van der Waals surface area (Å²) < 4.78 is 15.9. The zero-order chi connectivity index (χ0) is 18.3. The first-order valence-corrected chi connectivity index (χ1v) is 8.30. The average Bonchev–Trinajstić information content (AvgIpc) is 2.96. The molecule has 26 heavy (non-hydrogen) atoms. The predicted molar refractivity (Wildman–Crippen MR) is 101 cm³/mol. The zero-order valence-electron chi connectivity index (χ0n) is 13.8. The van der Waals surface area contributed by atoms with Gasteiger partial charge >= 0.3 is 0 Å². The van der Waals surface area contributed by atoms with Crippen LogP contribution in [0.1, 0.15) is 5.56 Å². The van der Waals surface area contributed by atoms with Crippen LogP contribution in [-0.4, -0.2) is 14.4 Å². The summed E-state index contributed by atoms with van der Waals surface area (Å²) in [6, 6.07) is 12.1. The number of aromatic nitrogens is 3. The van der Waals surface area contributed by atoms with Crippen LogP contribution in [0.4, 0.5) is 15.9 Å². The average molecular weight is 369 g/mol. The van der Waals surface area contributed by atoms with E-state index in [1.54, 1.807) is 12.3 Å². The first kappa shape index (κ1) is 16.4. The second-order valence-corrected chi connectivity index (χ2v) is 6.29. The molecule has 0 aliphatic rings. The van der Waals surface area contributed by atoms with E-state index < -0.39 is 5.82 Å². The Hall–Kier alpha value is -3.12. The van der Waals surface area contributed by atoms with Gasteiger partial charge < -0.3 is 10.3 Å². The summed E-state index contributed by atoms with van der Waals surface area (Å²) in [5, 5.41) is 3.35. The molecule has 0 saturated heterocycles. The lowest BCUT2D eigenvalue weighted by atomic mass is 10.2. The Bertz CT molecular complexity index is 1140. The van der Waals surface area contributed by atoms with E-state index in [0.717, 1.165) is 11.3 Å². The van der Waals surface area contributed by atoms with Gasteiger partial charge in [0.15, 0.2) is 17.2 Å². The molecule has 4 rings (SSSR count). The summed E-state index contributed by atoms with van der Waals surface area (Å²) in [4.78, 5) is 19.5. The normalized spacial score (nSPS) is 11.0. The van der Waals surface area contributed by atoms with E-state index in [4.69, 9.17) is 11.6 Å². The van der Waals surface area contributed by atoms with Gasteiger partial charge in [0.05, 0.1) is 10.6 Å². The predicted octanol–water partition coefficient (Wildman–Crippen LogP) is 4.53. The molecule has 0 aliphatic heterocycles. The Morgan fingerprint density at radius 2 is 1.96 bits per heavy atom. The van der Waals surface area contributed by atoms with Crippen molar-refractivity contribution in [1.29, 1.82) is 0 Å². The fourth-order valence-corrected chi connectivity index (χ4v) is 3.05. The number of rotatable bonds is 3. The molecule has 0 unspecified atom stereocenters. The topological polar surface area (TPSA) is 62.2 Å². The Kier molecular flexibility index (Phi) is 3.97. The number of imidazole rings is 1. The quantitative estimate of drug-likeness (QED) is 0.558. The summed E-state index contributed by atoms with van der Waals surface area (Å²) >= 11 is 6.19. The monoisotopic (exact) mass is 368 g/mol. The highest BCUT2D eigenvalue weighted by molar-refractivity contribution is 6.33. The number of halogens is 2. The van der Waals surface area contributed by atoms with Crippen molar-refractivity contribution in [1.82, 2.24) is 14.4 Å². The third-order valence-electron chi connectivity index (χ3n) is 4.06. The molecule has 0 aliphatic carbocycles. The molecule has 0 radical (unpaired) electrons. The molecule has 4 aromatic rings. The van der Waals surface area contributed by atoms with Crippen LogP contribution in [-0.2, 0) is 0 Å². The molecule has 2 aromatic heterocycles. The lowest BCUT2D eigenvalue weighted by Gasteiger charge is -2.04. The van der Waals surface area contributed by atoms with Crippen LogP contribution in [0, 0.1) is 12.7 Å². The molecule has 5 nitrogen and oxygen atoms in total. The van der Waals surface area contributed by atoms with Gasteiger partial charge in [-0.3, -0.25) is 9.20 Å². The molecule has 0 fully saturated rings. The standard InChI is InChI=1S/C19H14ClFN4O/c1-11-5-7-12(8-6-11)23-17-16-19(26)22-9-10-25(16)18(24-17)15-13(20)3-2-4-14(15)21/h2-10,23H,1H3,(H,22,26). The maximum atomic E-state index is 14.4. The third-order valence-corrected chi connectivity index (χ3v) is 4.38. The van der Waals surface area contributed by atoms with Gasteiger partial charge in [-0.15, -0.1) is 0 Å². The summed E-state index contributed by atoms with van der Waals surface area (Å²) in [6.45, 7) is 1.98. The lowest BCUT2D eigenvalue weighted by molar-refractivity contribution is 0.630. The molecular formula is C19H14ClFN4O. The lowest BCUT2D eigenvalue weighted by Crippen LogP contribution is -2.09. The van der Waals surface area contributed by atoms with Crippen molar-refractivity contribution in [3.05, 3.63) is 81.6 Å². The van der Waals surface area contributed by atoms with Gasteiger partial charge in [-0.05, 0) is 31.2 Å². The maximum absolute atomic E-state index is 14.4. The molecule has 0 bridgehead atoms. The van der Waals surface area contributed by atoms with Gasteiger partial charge in [0.2, 0.25) is 0 Å². The number of nitrogens with one attached hydrogen (secondary N) is 2. The van der Waals surface area contributed by atoms with Crippen LogP contribution in [0.5, 0.6) is 0 Å². The molecule has 0 saturated carbocycles. The number of fused-ring (bicyclic) bond motifs is 1. The Labute approximate surface area is 153 Å². The van der Waals surface area contributed by atoms with Gasteiger partial charge in [-0.25, -0.2) is 9.37 Å². The van der Waals surface area contributed by atoms with Gasteiger partial charge in [0.25, 0.3) is 5.56 Å². The Morgan fingerprint density at radius 1 is 1.19 bits per heavy atom. The first-order chi connectivity index (χ1) is 12.5. The minimum absolute atomic E-state index is 0.145. The number of aromatic amines is 1. The van der Waals surface area contributed by atoms with Crippen molar-refractivity contribution in [2.45, 2.75) is 6.92 Å². The minimum atomic E-state index is -0.508. The second-order valence-electron chi connectivity index (χ2n) is 5.88. The SMILES string of the molecule is Cc1ccc(Nc2nc(-c3c(F)cccc3Cl)n3cc[nH]c(=O)c23)cc1. The van der Waals surface area contributed by atoms with E-state index in [9.17, 15) is 9.18 Å². The second kappa shape index (κ2) is 6.31. The van der Waals surface area contributed by atoms with E-state index in [2.05, 4.69) is 15.3 Å². The largest absolute Gasteiger partial charge is 0.338 e. The zero-order valence-corrected chi connectivity index (χ0v) is 14.5. The fourth-order valence-electron chi connectivity index (χ4n) is 2.80. The first-order valence-electron chi connectivity index (χ1n) is 7.92. The number of anilines is 2. The van der Waals surface area contributed by atoms with Gasteiger partial charge in [0.1, 0.15) is 5.82 Å². The van der Waals surface area contributed by atoms with Crippen molar-refractivity contribution in [3.63, 3.8) is 0 Å². The van der Waals surface area contributed by atoms with Gasteiger partial charge in [0, 0.05) is 18.1 Å². The van der Waals surface area contributed by atoms with Crippen LogP contribution >= 0.6 is 11.6 Å². The van der Waals surface area contributed by atoms with Crippen LogP contribution in [0.15, 0.2) is 59.7 Å². The van der Waals surface area contributed by atoms with Crippen molar-refractivity contribution in [3.8, 4) is 11.4 Å². The van der Waals surface area contributed by atoms with Crippen LogP contribution in [0.3, 0.4) is 0 Å². The highest BCUT2D eigenvalue weighted by Gasteiger charge is 2.20. The van der Waals surface area contributed by atoms with Crippen molar-refractivity contribution < 1.29 is 4.39 Å². The van der Waals surface area contributed by atoms with E-state index in [-0.39, 0.29) is 27.5 Å². The smallest absolute Gasteiger partial charge is 0.276 e. The maximum Gasteiger partial charge on any atom is 0.276 e. The molecule has 0 spiro atoms. The fraction of sp³-hybridized carbons (Fsp3) is 0.0526. The number of benzene rings is 2. The summed E-state index contributed by atoms with van der Waals surface area (Å²) in [6.07, 6.45) is 3.09. The molecule has 2 N–H and O–H groups in total. The summed E-state index contributed by atoms with van der Waals surface area (Å²) in [5.41, 5.74) is 1.97. The third kappa shape index (κ3) is 2.74. The number of hydrogen-bond donors (Lipinski definition) is 2. The van der Waals surface area contributed by atoms with Crippen LogP contribution in [0.2, 0.25) is 5.02 Å². The minimum Gasteiger partial charge on any atom is -0.338 e. The molecule has 0 amide bonds. The summed E-state index contributed by atoms with van der Waals surface area (Å²) in [5.74, 6) is 0.0698. The molecule has 2 aromatic carbocycles. The van der Waals surface area contributed by atoms with E-state index in [0.29, 0.717) is 5.82 Å². The van der Waals surface area contributed by atoms with Crippen LogP contribution in [0.25, 0.3) is 16.9 Å². The van der Waals surface area contributed by atoms with E-state index >= 15 is 0 Å². The van der Waals surface area contributed by atoms with E-state index in [1.807, 2.05) is 31.2 Å². The summed E-state index contributed by atoms with van der Waals surface area (Å²) in [7, 11) is 0. The van der Waals surface area contributed by atoms with Crippen LogP contribution < -0.4 is 10.9 Å². The molecule has 7 heteroatoms.